The monoisotopic (exact) mass is 433 g/mol. The molecule has 0 aliphatic carbocycles. The van der Waals surface area contributed by atoms with Crippen molar-refractivity contribution in [3.8, 4) is 11.4 Å². The molecule has 8 heteroatoms. The van der Waals surface area contributed by atoms with Crippen molar-refractivity contribution in [2.45, 2.75) is 50.9 Å². The van der Waals surface area contributed by atoms with E-state index < -0.39 is 4.92 Å². The number of benzene rings is 2. The largest absolute Gasteiger partial charge is 0.338 e. The standard InChI is InChI=1S/C24H27N5O3/c30-29(31)20-10-4-9-19(15-20)24-25-23(32-26-24)17-28-14-6-12-22(28)21-11-5-13-27(21)16-18-7-2-1-3-8-18/h1-4,7-10,15,21-22H,5-6,11-14,16-17H2/t21-,22+/m0/s1. The normalized spacial score (nSPS) is 21.9. The topological polar surface area (TPSA) is 88.5 Å². The Labute approximate surface area is 187 Å². The van der Waals surface area contributed by atoms with E-state index in [-0.39, 0.29) is 5.69 Å². The molecule has 0 unspecified atom stereocenters. The molecule has 8 nitrogen and oxygen atoms in total. The zero-order chi connectivity index (χ0) is 21.9. The molecule has 1 aromatic heterocycles. The van der Waals surface area contributed by atoms with E-state index in [0.29, 0.717) is 35.9 Å². The maximum atomic E-state index is 11.1. The second kappa shape index (κ2) is 9.18. The van der Waals surface area contributed by atoms with Crippen LogP contribution < -0.4 is 0 Å². The molecule has 2 aliphatic rings. The Morgan fingerprint density at radius 2 is 1.69 bits per heavy atom. The minimum atomic E-state index is -0.415. The molecule has 0 N–H and O–H groups in total. The number of nitrogens with zero attached hydrogens (tertiary/aromatic N) is 5. The van der Waals surface area contributed by atoms with Gasteiger partial charge < -0.3 is 4.52 Å². The molecule has 0 spiro atoms. The molecule has 3 heterocycles. The third-order valence-corrected chi connectivity index (χ3v) is 6.62. The van der Waals surface area contributed by atoms with Gasteiger partial charge in [-0.05, 0) is 44.3 Å². The predicted molar refractivity (Wildman–Crippen MR) is 120 cm³/mol. The van der Waals surface area contributed by atoms with Crippen LogP contribution in [0.1, 0.15) is 37.1 Å². The lowest BCUT2D eigenvalue weighted by Gasteiger charge is -2.34. The van der Waals surface area contributed by atoms with Crippen molar-refractivity contribution in [2.24, 2.45) is 0 Å². The average Bonchev–Trinajstić information content (AvgIpc) is 3.56. The molecule has 5 rings (SSSR count). The smallest absolute Gasteiger partial charge is 0.270 e. The second-order valence-electron chi connectivity index (χ2n) is 8.66. The van der Waals surface area contributed by atoms with Crippen LogP contribution in [-0.2, 0) is 13.1 Å². The highest BCUT2D eigenvalue weighted by atomic mass is 16.6. The van der Waals surface area contributed by atoms with E-state index in [1.165, 1.54) is 43.4 Å². The first kappa shape index (κ1) is 20.8. The Bertz CT molecular complexity index is 1070. The van der Waals surface area contributed by atoms with Crippen LogP contribution in [0.25, 0.3) is 11.4 Å². The van der Waals surface area contributed by atoms with E-state index in [1.807, 2.05) is 0 Å². The number of hydrogen-bond donors (Lipinski definition) is 0. The van der Waals surface area contributed by atoms with Crippen LogP contribution in [0.3, 0.4) is 0 Å². The van der Waals surface area contributed by atoms with Crippen molar-refractivity contribution in [2.75, 3.05) is 13.1 Å². The average molecular weight is 434 g/mol. The molecule has 2 aliphatic heterocycles. The van der Waals surface area contributed by atoms with Crippen molar-refractivity contribution in [1.29, 1.82) is 0 Å². The molecule has 2 aromatic carbocycles. The van der Waals surface area contributed by atoms with E-state index in [1.54, 1.807) is 12.1 Å². The van der Waals surface area contributed by atoms with Crippen molar-refractivity contribution >= 4 is 5.69 Å². The van der Waals surface area contributed by atoms with Gasteiger partial charge in [-0.25, -0.2) is 0 Å². The van der Waals surface area contributed by atoms with Gasteiger partial charge in [-0.2, -0.15) is 4.98 Å². The maximum Gasteiger partial charge on any atom is 0.270 e. The Hall–Kier alpha value is -3.10. The Kier molecular flexibility index (Phi) is 5.96. The molecule has 166 valence electrons. The number of hydrogen-bond acceptors (Lipinski definition) is 7. The van der Waals surface area contributed by atoms with Gasteiger partial charge in [-0.1, -0.05) is 47.6 Å². The molecule has 0 amide bonds. The molecular weight excluding hydrogens is 406 g/mol. The number of likely N-dealkylation sites (tertiary alicyclic amines) is 2. The van der Waals surface area contributed by atoms with E-state index in [9.17, 15) is 10.1 Å². The quantitative estimate of drug-likeness (QED) is 0.406. The third-order valence-electron chi connectivity index (χ3n) is 6.62. The van der Waals surface area contributed by atoms with Crippen molar-refractivity contribution < 1.29 is 9.45 Å². The van der Waals surface area contributed by atoms with E-state index in [2.05, 4.69) is 50.3 Å². The lowest BCUT2D eigenvalue weighted by molar-refractivity contribution is -0.384. The van der Waals surface area contributed by atoms with Gasteiger partial charge in [0, 0.05) is 36.3 Å². The third kappa shape index (κ3) is 4.42. The number of non-ortho nitro benzene ring substituents is 1. The molecule has 0 radical (unpaired) electrons. The highest BCUT2D eigenvalue weighted by Crippen LogP contribution is 2.32. The summed E-state index contributed by atoms with van der Waals surface area (Å²) < 4.78 is 5.53. The van der Waals surface area contributed by atoms with E-state index in [0.717, 1.165) is 19.6 Å². The summed E-state index contributed by atoms with van der Waals surface area (Å²) in [5.74, 6) is 0.956. The number of nitro benzene ring substituents is 1. The van der Waals surface area contributed by atoms with Gasteiger partial charge in [0.05, 0.1) is 11.5 Å². The van der Waals surface area contributed by atoms with Gasteiger partial charge in [0.2, 0.25) is 11.7 Å². The molecule has 32 heavy (non-hydrogen) atoms. The van der Waals surface area contributed by atoms with Crippen molar-refractivity contribution in [3.05, 3.63) is 76.2 Å². The van der Waals surface area contributed by atoms with Crippen LogP contribution in [0.15, 0.2) is 59.1 Å². The highest BCUT2D eigenvalue weighted by Gasteiger charge is 2.38. The fraction of sp³-hybridized carbons (Fsp3) is 0.417. The van der Waals surface area contributed by atoms with Crippen LogP contribution >= 0.6 is 0 Å². The summed E-state index contributed by atoms with van der Waals surface area (Å²) >= 11 is 0. The van der Waals surface area contributed by atoms with Gasteiger partial charge in [0.15, 0.2) is 0 Å². The molecule has 2 atom stereocenters. The SMILES string of the molecule is O=[N+]([O-])c1cccc(-c2noc(CN3CCC[C@@H]3[C@@H]3CCCN3Cc3ccccc3)n2)c1. The van der Waals surface area contributed by atoms with Crippen LogP contribution in [0, 0.1) is 10.1 Å². The Balaban J connectivity index is 1.27. The predicted octanol–water partition coefficient (Wildman–Crippen LogP) is 4.27. The number of rotatable bonds is 7. The second-order valence-corrected chi connectivity index (χ2v) is 8.66. The molecule has 3 aromatic rings. The van der Waals surface area contributed by atoms with Crippen LogP contribution in [-0.4, -0.2) is 50.0 Å². The van der Waals surface area contributed by atoms with Crippen LogP contribution in [0.2, 0.25) is 0 Å². The lowest BCUT2D eigenvalue weighted by Crippen LogP contribution is -2.45. The van der Waals surface area contributed by atoms with Crippen LogP contribution in [0.5, 0.6) is 0 Å². The van der Waals surface area contributed by atoms with Crippen molar-refractivity contribution in [3.63, 3.8) is 0 Å². The minimum absolute atomic E-state index is 0.0215. The summed E-state index contributed by atoms with van der Waals surface area (Å²) in [5, 5.41) is 15.1. The summed E-state index contributed by atoms with van der Waals surface area (Å²) in [6.07, 6.45) is 4.81. The fourth-order valence-corrected chi connectivity index (χ4v) is 5.15. The number of aromatic nitrogens is 2. The van der Waals surface area contributed by atoms with Gasteiger partial charge in [0.25, 0.3) is 5.69 Å². The zero-order valence-corrected chi connectivity index (χ0v) is 18.0. The summed E-state index contributed by atoms with van der Waals surface area (Å²) in [6, 6.07) is 18.1. The van der Waals surface area contributed by atoms with Crippen molar-refractivity contribution in [1.82, 2.24) is 19.9 Å². The summed E-state index contributed by atoms with van der Waals surface area (Å²) in [7, 11) is 0. The van der Waals surface area contributed by atoms with Gasteiger partial charge in [-0.15, -0.1) is 0 Å². The molecule has 2 saturated heterocycles. The van der Waals surface area contributed by atoms with E-state index >= 15 is 0 Å². The maximum absolute atomic E-state index is 11.1. The lowest BCUT2D eigenvalue weighted by atomic mass is 10.0. The van der Waals surface area contributed by atoms with Crippen LogP contribution in [0.4, 0.5) is 5.69 Å². The molecule has 0 saturated carbocycles. The minimum Gasteiger partial charge on any atom is -0.338 e. The fourth-order valence-electron chi connectivity index (χ4n) is 5.15. The summed E-state index contributed by atoms with van der Waals surface area (Å²) in [4.78, 5) is 20.3. The first-order valence-electron chi connectivity index (χ1n) is 11.3. The molecule has 0 bridgehead atoms. The van der Waals surface area contributed by atoms with Gasteiger partial charge in [0.1, 0.15) is 0 Å². The summed E-state index contributed by atoms with van der Waals surface area (Å²) in [6.45, 7) is 3.77. The Morgan fingerprint density at radius 1 is 0.969 bits per heavy atom. The molecular formula is C24H27N5O3. The number of nitro groups is 1. The van der Waals surface area contributed by atoms with Gasteiger partial charge in [-0.3, -0.25) is 19.9 Å². The molecule has 2 fully saturated rings. The first-order valence-corrected chi connectivity index (χ1v) is 11.3. The first-order chi connectivity index (χ1) is 15.7. The zero-order valence-electron chi connectivity index (χ0n) is 18.0. The highest BCUT2D eigenvalue weighted by molar-refractivity contribution is 5.58. The summed E-state index contributed by atoms with van der Waals surface area (Å²) in [5.41, 5.74) is 1.98. The van der Waals surface area contributed by atoms with Gasteiger partial charge >= 0.3 is 0 Å². The van der Waals surface area contributed by atoms with E-state index in [4.69, 9.17) is 4.52 Å². The Morgan fingerprint density at radius 3 is 2.41 bits per heavy atom.